The molecule has 20 heavy (non-hydrogen) atoms. The summed E-state index contributed by atoms with van der Waals surface area (Å²) in [6.07, 6.45) is 7.19. The van der Waals surface area contributed by atoms with Gasteiger partial charge in [0.05, 0.1) is 12.3 Å². The summed E-state index contributed by atoms with van der Waals surface area (Å²) in [5.41, 5.74) is 2.20. The minimum atomic E-state index is 0.753. The Kier molecular flexibility index (Phi) is 5.90. The number of benzene rings is 1. The number of ether oxygens (including phenoxy) is 1. The smallest absolute Gasteiger partial charge is 0.142 e. The molecule has 0 amide bonds. The second-order valence-electron chi connectivity index (χ2n) is 4.77. The maximum absolute atomic E-state index is 5.85. The molecule has 1 N–H and O–H groups in total. The first-order valence-corrected chi connectivity index (χ1v) is 7.24. The van der Waals surface area contributed by atoms with Gasteiger partial charge in [0.15, 0.2) is 0 Å². The zero-order valence-electron chi connectivity index (χ0n) is 12.0. The van der Waals surface area contributed by atoms with Crippen LogP contribution in [0.5, 0.6) is 5.75 Å². The molecule has 3 nitrogen and oxygen atoms in total. The Hall–Kier alpha value is -2.03. The Morgan fingerprint density at radius 3 is 2.80 bits per heavy atom. The van der Waals surface area contributed by atoms with Crippen molar-refractivity contribution in [1.82, 2.24) is 4.98 Å². The summed E-state index contributed by atoms with van der Waals surface area (Å²) >= 11 is 0. The zero-order valence-corrected chi connectivity index (χ0v) is 12.0. The van der Waals surface area contributed by atoms with Gasteiger partial charge in [-0.05, 0) is 30.2 Å². The Balaban J connectivity index is 1.90. The van der Waals surface area contributed by atoms with Crippen LogP contribution in [0.3, 0.4) is 0 Å². The average Bonchev–Trinajstić information content (AvgIpc) is 2.51. The number of aromatic nitrogens is 1. The van der Waals surface area contributed by atoms with E-state index in [1.165, 1.54) is 12.8 Å². The molecule has 0 aliphatic rings. The normalized spacial score (nSPS) is 10.2. The molecule has 0 aliphatic heterocycles. The molecule has 1 aromatic carbocycles. The minimum absolute atomic E-state index is 0.753. The Labute approximate surface area is 121 Å². The van der Waals surface area contributed by atoms with Crippen molar-refractivity contribution >= 4 is 5.69 Å². The maximum atomic E-state index is 5.85. The van der Waals surface area contributed by atoms with Gasteiger partial charge in [-0.2, -0.15) is 0 Å². The summed E-state index contributed by atoms with van der Waals surface area (Å²) in [6.45, 7) is 3.73. The van der Waals surface area contributed by atoms with Crippen molar-refractivity contribution in [2.75, 3.05) is 11.9 Å². The van der Waals surface area contributed by atoms with Crippen LogP contribution in [0, 0.1) is 0 Å². The van der Waals surface area contributed by atoms with E-state index in [0.717, 1.165) is 36.6 Å². The van der Waals surface area contributed by atoms with E-state index in [9.17, 15) is 0 Å². The topological polar surface area (TPSA) is 34.1 Å². The molecule has 2 aromatic rings. The van der Waals surface area contributed by atoms with Gasteiger partial charge in [0.1, 0.15) is 5.75 Å². The molecule has 0 saturated carbocycles. The highest BCUT2D eigenvalue weighted by molar-refractivity contribution is 5.56. The largest absolute Gasteiger partial charge is 0.491 e. The lowest BCUT2D eigenvalue weighted by Crippen LogP contribution is -2.04. The van der Waals surface area contributed by atoms with Gasteiger partial charge >= 0.3 is 0 Å². The lowest BCUT2D eigenvalue weighted by molar-refractivity contribution is 0.307. The molecule has 0 bridgehead atoms. The van der Waals surface area contributed by atoms with E-state index in [1.54, 1.807) is 6.20 Å². The van der Waals surface area contributed by atoms with Gasteiger partial charge in [-0.15, -0.1) is 0 Å². The van der Waals surface area contributed by atoms with Gasteiger partial charge < -0.3 is 10.1 Å². The first-order valence-electron chi connectivity index (χ1n) is 7.24. The third-order valence-electron chi connectivity index (χ3n) is 3.10. The number of nitrogens with zero attached hydrogens (tertiary/aromatic N) is 1. The fourth-order valence-corrected chi connectivity index (χ4v) is 1.97. The number of pyridine rings is 1. The van der Waals surface area contributed by atoms with Gasteiger partial charge in [-0.25, -0.2) is 0 Å². The summed E-state index contributed by atoms with van der Waals surface area (Å²) in [5.74, 6) is 0.924. The van der Waals surface area contributed by atoms with E-state index < -0.39 is 0 Å². The fourth-order valence-electron chi connectivity index (χ4n) is 1.97. The van der Waals surface area contributed by atoms with Crippen molar-refractivity contribution in [2.24, 2.45) is 0 Å². The molecule has 1 heterocycles. The summed E-state index contributed by atoms with van der Waals surface area (Å²) in [6, 6.07) is 12.1. The van der Waals surface area contributed by atoms with Crippen LogP contribution in [-0.4, -0.2) is 11.6 Å². The van der Waals surface area contributed by atoms with E-state index in [0.29, 0.717) is 0 Å². The Morgan fingerprint density at radius 2 is 2.00 bits per heavy atom. The van der Waals surface area contributed by atoms with Gasteiger partial charge in [0.25, 0.3) is 0 Å². The molecule has 0 fully saturated rings. The molecular weight excluding hydrogens is 248 g/mol. The third-order valence-corrected chi connectivity index (χ3v) is 3.10. The van der Waals surface area contributed by atoms with Crippen LogP contribution in [0.2, 0.25) is 0 Å². The highest BCUT2D eigenvalue weighted by atomic mass is 16.5. The van der Waals surface area contributed by atoms with Crippen LogP contribution in [0.1, 0.15) is 31.7 Å². The average molecular weight is 270 g/mol. The van der Waals surface area contributed by atoms with Crippen LogP contribution in [0.25, 0.3) is 0 Å². The molecule has 0 radical (unpaired) electrons. The molecule has 0 saturated heterocycles. The predicted octanol–water partition coefficient (Wildman–Crippen LogP) is 4.26. The number of rotatable bonds is 8. The van der Waals surface area contributed by atoms with Crippen LogP contribution < -0.4 is 10.1 Å². The zero-order chi connectivity index (χ0) is 14.0. The molecule has 0 unspecified atom stereocenters. The van der Waals surface area contributed by atoms with Crippen molar-refractivity contribution in [3.05, 3.63) is 54.4 Å². The van der Waals surface area contributed by atoms with Crippen LogP contribution in [0.15, 0.2) is 48.8 Å². The van der Waals surface area contributed by atoms with Crippen molar-refractivity contribution < 1.29 is 4.74 Å². The van der Waals surface area contributed by atoms with E-state index >= 15 is 0 Å². The first-order chi connectivity index (χ1) is 9.90. The monoisotopic (exact) mass is 270 g/mol. The fraction of sp³-hybridized carbons (Fsp3) is 0.353. The first kappa shape index (κ1) is 14.4. The third kappa shape index (κ3) is 4.57. The summed E-state index contributed by atoms with van der Waals surface area (Å²) in [5, 5.41) is 3.41. The lowest BCUT2D eigenvalue weighted by Gasteiger charge is -2.13. The quantitative estimate of drug-likeness (QED) is 0.728. The molecule has 0 atom stereocenters. The molecule has 0 aliphatic carbocycles. The summed E-state index contributed by atoms with van der Waals surface area (Å²) in [4.78, 5) is 4.12. The number of hydrogen-bond acceptors (Lipinski definition) is 3. The number of unbranched alkanes of at least 4 members (excludes halogenated alkanes) is 2. The van der Waals surface area contributed by atoms with Gasteiger partial charge in [0.2, 0.25) is 0 Å². The SMILES string of the molecule is CCCCCOc1ccccc1NCc1cccnc1. The minimum Gasteiger partial charge on any atom is -0.491 e. The maximum Gasteiger partial charge on any atom is 0.142 e. The summed E-state index contributed by atoms with van der Waals surface area (Å²) < 4.78 is 5.85. The van der Waals surface area contributed by atoms with E-state index in [4.69, 9.17) is 4.74 Å². The van der Waals surface area contributed by atoms with Crippen molar-refractivity contribution in [1.29, 1.82) is 0 Å². The summed E-state index contributed by atoms with van der Waals surface area (Å²) in [7, 11) is 0. The van der Waals surface area contributed by atoms with Gasteiger partial charge in [0, 0.05) is 18.9 Å². The standard InChI is InChI=1S/C17H22N2O/c1-2-3-6-12-20-17-10-5-4-9-16(17)19-14-15-8-7-11-18-13-15/h4-5,7-11,13,19H,2-3,6,12,14H2,1H3. The number of hydrogen-bond donors (Lipinski definition) is 1. The number of para-hydroxylation sites is 2. The number of anilines is 1. The van der Waals surface area contributed by atoms with Crippen LogP contribution >= 0.6 is 0 Å². The molecule has 0 spiro atoms. The van der Waals surface area contributed by atoms with Crippen LogP contribution in [-0.2, 0) is 6.54 Å². The van der Waals surface area contributed by atoms with Gasteiger partial charge in [-0.3, -0.25) is 4.98 Å². The lowest BCUT2D eigenvalue weighted by atomic mass is 10.2. The van der Waals surface area contributed by atoms with Crippen molar-refractivity contribution in [2.45, 2.75) is 32.7 Å². The van der Waals surface area contributed by atoms with E-state index in [1.807, 2.05) is 36.5 Å². The predicted molar refractivity (Wildman–Crippen MR) is 83.0 cm³/mol. The van der Waals surface area contributed by atoms with E-state index in [2.05, 4.69) is 23.3 Å². The Bertz CT molecular complexity index is 499. The second-order valence-corrected chi connectivity index (χ2v) is 4.77. The molecule has 2 rings (SSSR count). The van der Waals surface area contributed by atoms with Crippen LogP contribution in [0.4, 0.5) is 5.69 Å². The van der Waals surface area contributed by atoms with E-state index in [-0.39, 0.29) is 0 Å². The highest BCUT2D eigenvalue weighted by Crippen LogP contribution is 2.24. The van der Waals surface area contributed by atoms with Crippen molar-refractivity contribution in [3.8, 4) is 5.75 Å². The second kappa shape index (κ2) is 8.20. The Morgan fingerprint density at radius 1 is 1.10 bits per heavy atom. The molecule has 1 aromatic heterocycles. The molecular formula is C17H22N2O. The van der Waals surface area contributed by atoms with Gasteiger partial charge in [-0.1, -0.05) is 38.0 Å². The molecule has 3 heteroatoms. The van der Waals surface area contributed by atoms with Crippen molar-refractivity contribution in [3.63, 3.8) is 0 Å². The number of nitrogens with one attached hydrogen (secondary N) is 1. The molecule has 106 valence electrons. The highest BCUT2D eigenvalue weighted by Gasteiger charge is 2.02.